The Hall–Kier alpha value is -1.88. The van der Waals surface area contributed by atoms with Crippen molar-refractivity contribution in [3.63, 3.8) is 0 Å². The molecule has 0 saturated heterocycles. The van der Waals surface area contributed by atoms with Crippen LogP contribution < -0.4 is 5.32 Å². The van der Waals surface area contributed by atoms with E-state index in [1.54, 1.807) is 32.0 Å². The minimum atomic E-state index is -1.07. The molecule has 18 heavy (non-hydrogen) atoms. The van der Waals surface area contributed by atoms with Crippen LogP contribution in [0.5, 0.6) is 0 Å². The molecule has 1 aromatic carbocycles. The van der Waals surface area contributed by atoms with E-state index in [9.17, 15) is 9.59 Å². The first-order chi connectivity index (χ1) is 8.35. The van der Waals surface area contributed by atoms with Gasteiger partial charge < -0.3 is 15.2 Å². The number of carboxylic acids is 1. The number of para-hydroxylation sites is 1. The molecule has 0 bridgehead atoms. The lowest BCUT2D eigenvalue weighted by molar-refractivity contribution is -0.121. The number of ether oxygens (including phenoxy) is 1. The number of aromatic carboxylic acids is 1. The van der Waals surface area contributed by atoms with Crippen LogP contribution in [0.2, 0.25) is 0 Å². The number of carbonyl (C=O) groups excluding carboxylic acids is 1. The largest absolute Gasteiger partial charge is 0.478 e. The van der Waals surface area contributed by atoms with Crippen LogP contribution in [-0.4, -0.2) is 29.7 Å². The zero-order chi connectivity index (χ0) is 13.8. The molecule has 0 aliphatic carbocycles. The topological polar surface area (TPSA) is 75.6 Å². The van der Waals surface area contributed by atoms with Gasteiger partial charge in [-0.05, 0) is 26.0 Å². The number of rotatable bonds is 5. The van der Waals surface area contributed by atoms with E-state index in [0.29, 0.717) is 5.69 Å². The molecule has 0 aliphatic heterocycles. The number of carbonyl (C=O) groups is 2. The normalized spacial score (nSPS) is 11.1. The van der Waals surface area contributed by atoms with Crippen LogP contribution in [0.25, 0.3) is 0 Å². The predicted octanol–water partition coefficient (Wildman–Crippen LogP) is 2.14. The van der Waals surface area contributed by atoms with Crippen molar-refractivity contribution in [2.75, 3.05) is 12.4 Å². The van der Waals surface area contributed by atoms with Gasteiger partial charge in [-0.3, -0.25) is 4.79 Å². The van der Waals surface area contributed by atoms with Gasteiger partial charge in [0.25, 0.3) is 0 Å². The fraction of sp³-hybridized carbons (Fsp3) is 0.385. The number of methoxy groups -OCH3 is 1. The van der Waals surface area contributed by atoms with E-state index in [1.807, 2.05) is 0 Å². The lowest BCUT2D eigenvalue weighted by atomic mass is 10.0. The Morgan fingerprint density at radius 1 is 1.33 bits per heavy atom. The number of amides is 1. The Morgan fingerprint density at radius 2 is 1.94 bits per heavy atom. The molecule has 2 N–H and O–H groups in total. The van der Waals surface area contributed by atoms with Gasteiger partial charge in [0.15, 0.2) is 0 Å². The minimum Gasteiger partial charge on any atom is -0.478 e. The number of hydrogen-bond donors (Lipinski definition) is 2. The van der Waals surface area contributed by atoms with Crippen molar-refractivity contribution in [2.24, 2.45) is 0 Å². The zero-order valence-corrected chi connectivity index (χ0v) is 10.7. The van der Waals surface area contributed by atoms with Crippen molar-refractivity contribution in [1.82, 2.24) is 0 Å². The summed E-state index contributed by atoms with van der Waals surface area (Å²) in [6, 6.07) is 6.28. The molecule has 98 valence electrons. The zero-order valence-electron chi connectivity index (χ0n) is 10.7. The fourth-order valence-corrected chi connectivity index (χ4v) is 1.43. The summed E-state index contributed by atoms with van der Waals surface area (Å²) in [5, 5.41) is 11.6. The summed E-state index contributed by atoms with van der Waals surface area (Å²) < 4.78 is 5.15. The third kappa shape index (κ3) is 3.85. The van der Waals surface area contributed by atoms with Crippen molar-refractivity contribution >= 4 is 17.6 Å². The molecule has 0 unspecified atom stereocenters. The van der Waals surface area contributed by atoms with E-state index in [-0.39, 0.29) is 17.9 Å². The standard InChI is InChI=1S/C13H17NO4/c1-13(2,18-3)8-11(15)14-10-7-5-4-6-9(10)12(16)17/h4-7H,8H2,1-3H3,(H,14,15)(H,16,17). The molecule has 5 nitrogen and oxygen atoms in total. The van der Waals surface area contributed by atoms with Gasteiger partial charge >= 0.3 is 5.97 Å². The van der Waals surface area contributed by atoms with E-state index < -0.39 is 11.6 Å². The molecule has 1 rings (SSSR count). The van der Waals surface area contributed by atoms with Crippen molar-refractivity contribution in [2.45, 2.75) is 25.9 Å². The fourth-order valence-electron chi connectivity index (χ4n) is 1.43. The molecule has 0 saturated carbocycles. The molecule has 5 heteroatoms. The first-order valence-electron chi connectivity index (χ1n) is 5.53. The summed E-state index contributed by atoms with van der Waals surface area (Å²) in [5.74, 6) is -1.35. The molecule has 0 aromatic heterocycles. The quantitative estimate of drug-likeness (QED) is 0.840. The van der Waals surface area contributed by atoms with Crippen LogP contribution in [-0.2, 0) is 9.53 Å². The maximum Gasteiger partial charge on any atom is 0.337 e. The monoisotopic (exact) mass is 251 g/mol. The van der Waals surface area contributed by atoms with Crippen molar-refractivity contribution in [1.29, 1.82) is 0 Å². The van der Waals surface area contributed by atoms with Crippen LogP contribution in [0.1, 0.15) is 30.6 Å². The van der Waals surface area contributed by atoms with Crippen molar-refractivity contribution < 1.29 is 19.4 Å². The summed E-state index contributed by atoms with van der Waals surface area (Å²) in [5.41, 5.74) is -0.217. The summed E-state index contributed by atoms with van der Waals surface area (Å²) in [7, 11) is 1.53. The van der Waals surface area contributed by atoms with E-state index in [2.05, 4.69) is 5.32 Å². The highest BCUT2D eigenvalue weighted by Crippen LogP contribution is 2.18. The SMILES string of the molecule is COC(C)(C)CC(=O)Nc1ccccc1C(=O)O. The lowest BCUT2D eigenvalue weighted by Crippen LogP contribution is -2.29. The molecule has 0 radical (unpaired) electrons. The molecule has 1 amide bonds. The van der Waals surface area contributed by atoms with E-state index in [0.717, 1.165) is 0 Å². The molecule has 0 fully saturated rings. The van der Waals surface area contributed by atoms with Gasteiger partial charge in [-0.2, -0.15) is 0 Å². The third-order valence-electron chi connectivity index (χ3n) is 2.57. The smallest absolute Gasteiger partial charge is 0.337 e. The van der Waals surface area contributed by atoms with Gasteiger partial charge in [-0.1, -0.05) is 12.1 Å². The number of anilines is 1. The number of nitrogens with one attached hydrogen (secondary N) is 1. The second kappa shape index (κ2) is 5.64. The lowest BCUT2D eigenvalue weighted by Gasteiger charge is -2.22. The Morgan fingerprint density at radius 3 is 2.50 bits per heavy atom. The second-order valence-corrected chi connectivity index (χ2v) is 4.54. The Kier molecular flexibility index (Phi) is 4.44. The maximum absolute atomic E-state index is 11.8. The second-order valence-electron chi connectivity index (χ2n) is 4.54. The highest BCUT2D eigenvalue weighted by atomic mass is 16.5. The first-order valence-corrected chi connectivity index (χ1v) is 5.53. The number of carboxylic acid groups (broad SMARTS) is 1. The summed E-state index contributed by atoms with van der Waals surface area (Å²) in [4.78, 5) is 22.7. The highest BCUT2D eigenvalue weighted by Gasteiger charge is 2.22. The van der Waals surface area contributed by atoms with E-state index in [1.165, 1.54) is 13.2 Å². The average molecular weight is 251 g/mol. The maximum atomic E-state index is 11.8. The van der Waals surface area contributed by atoms with Crippen LogP contribution in [0.3, 0.4) is 0 Å². The third-order valence-corrected chi connectivity index (χ3v) is 2.57. The van der Waals surface area contributed by atoms with Gasteiger partial charge in [0.05, 0.1) is 23.3 Å². The van der Waals surface area contributed by atoms with Gasteiger partial charge in [-0.25, -0.2) is 4.79 Å². The highest BCUT2D eigenvalue weighted by molar-refractivity contribution is 6.00. The molecular weight excluding hydrogens is 234 g/mol. The van der Waals surface area contributed by atoms with E-state index in [4.69, 9.17) is 9.84 Å². The predicted molar refractivity (Wildman–Crippen MR) is 67.7 cm³/mol. The van der Waals surface area contributed by atoms with Crippen molar-refractivity contribution in [3.05, 3.63) is 29.8 Å². The van der Waals surface area contributed by atoms with Gasteiger partial charge in [0, 0.05) is 7.11 Å². The summed E-state index contributed by atoms with van der Waals surface area (Å²) in [6.07, 6.45) is 0.150. The van der Waals surface area contributed by atoms with Gasteiger partial charge in [0.1, 0.15) is 0 Å². The van der Waals surface area contributed by atoms with Crippen molar-refractivity contribution in [3.8, 4) is 0 Å². The van der Waals surface area contributed by atoms with Crippen LogP contribution >= 0.6 is 0 Å². The first kappa shape index (κ1) is 14.2. The Bertz CT molecular complexity index is 454. The molecule has 0 heterocycles. The Labute approximate surface area is 106 Å². The van der Waals surface area contributed by atoms with Crippen LogP contribution in [0.4, 0.5) is 5.69 Å². The van der Waals surface area contributed by atoms with Gasteiger partial charge in [0.2, 0.25) is 5.91 Å². The van der Waals surface area contributed by atoms with Crippen LogP contribution in [0.15, 0.2) is 24.3 Å². The molecule has 0 spiro atoms. The van der Waals surface area contributed by atoms with Gasteiger partial charge in [-0.15, -0.1) is 0 Å². The molecule has 1 aromatic rings. The summed E-state index contributed by atoms with van der Waals surface area (Å²) >= 11 is 0. The molecular formula is C13H17NO4. The van der Waals surface area contributed by atoms with Crippen LogP contribution in [0, 0.1) is 0 Å². The average Bonchev–Trinajstić information content (AvgIpc) is 2.28. The number of benzene rings is 1. The van der Waals surface area contributed by atoms with E-state index >= 15 is 0 Å². The number of hydrogen-bond acceptors (Lipinski definition) is 3. The minimum absolute atomic E-state index is 0.0704. The Balaban J connectivity index is 2.80. The summed E-state index contributed by atoms with van der Waals surface area (Å²) in [6.45, 7) is 3.57. The molecule has 0 atom stereocenters. The molecule has 0 aliphatic rings.